The van der Waals surface area contributed by atoms with Crippen LogP contribution < -0.4 is 10.3 Å². The van der Waals surface area contributed by atoms with E-state index >= 15 is 0 Å². The molecule has 30 heavy (non-hydrogen) atoms. The van der Waals surface area contributed by atoms with Gasteiger partial charge in [0.05, 0.1) is 23.7 Å². The molecule has 2 heterocycles. The Kier molecular flexibility index (Phi) is 8.22. The number of phosphoric ester groups is 1. The summed E-state index contributed by atoms with van der Waals surface area (Å²) in [5, 5.41) is 20.0. The van der Waals surface area contributed by atoms with Gasteiger partial charge in [-0.15, -0.1) is 0 Å². The van der Waals surface area contributed by atoms with Crippen LogP contribution in [0.15, 0.2) is 6.20 Å². The molecule has 16 heteroatoms. The van der Waals surface area contributed by atoms with Gasteiger partial charge in [0, 0.05) is 19.5 Å². The average Bonchev–Trinajstić information content (AvgIpc) is 2.90. The Morgan fingerprint density at radius 1 is 1.30 bits per heavy atom. The van der Waals surface area contributed by atoms with Crippen LogP contribution in [-0.2, 0) is 30.9 Å². The number of aliphatic hydroxyl groups is 2. The van der Waals surface area contributed by atoms with Crippen LogP contribution in [0.1, 0.15) is 33.1 Å². The van der Waals surface area contributed by atoms with E-state index in [2.05, 4.69) is 18.8 Å². The fourth-order valence-corrected chi connectivity index (χ4v) is 5.35. The molecule has 0 aromatic carbocycles. The molecular weight excluding hydrogens is 462 g/mol. The minimum absolute atomic E-state index is 0.0730. The number of thiazole rings is 1. The summed E-state index contributed by atoms with van der Waals surface area (Å²) in [6.07, 6.45) is 0.447. The monoisotopic (exact) mass is 485 g/mol. The van der Waals surface area contributed by atoms with Gasteiger partial charge in [0.1, 0.15) is 11.6 Å². The van der Waals surface area contributed by atoms with Gasteiger partial charge in [-0.05, 0) is 6.92 Å². The van der Waals surface area contributed by atoms with Crippen LogP contribution in [0.25, 0.3) is 0 Å². The first kappa shape index (κ1) is 25.0. The predicted octanol–water partition coefficient (Wildman–Crippen LogP) is -0.133. The first-order valence-corrected chi connectivity index (χ1v) is 12.3. The lowest BCUT2D eigenvalue weighted by molar-refractivity contribution is -0.700. The fourth-order valence-electron chi connectivity index (χ4n) is 2.54. The minimum atomic E-state index is -5.20. The van der Waals surface area contributed by atoms with E-state index in [1.54, 1.807) is 24.6 Å². The van der Waals surface area contributed by atoms with Crippen molar-refractivity contribution in [1.29, 1.82) is 0 Å². The third kappa shape index (κ3) is 6.86. The van der Waals surface area contributed by atoms with E-state index < -0.39 is 28.4 Å². The zero-order chi connectivity index (χ0) is 22.7. The molecule has 0 aliphatic rings. The summed E-state index contributed by atoms with van der Waals surface area (Å²) < 4.78 is 32.3. The van der Waals surface area contributed by atoms with Crippen molar-refractivity contribution in [1.82, 2.24) is 9.97 Å². The SMILES string of the molecule is Cc1ncc(C[n+]2c([C@@H](O)CO)sc(CCOP(=O)(O)OP(=O)(O)O)c2C)c(N)n1. The van der Waals surface area contributed by atoms with Gasteiger partial charge in [-0.1, -0.05) is 11.3 Å². The van der Waals surface area contributed by atoms with Gasteiger partial charge in [0.15, 0.2) is 18.3 Å². The first-order valence-electron chi connectivity index (χ1n) is 8.46. The van der Waals surface area contributed by atoms with Crippen molar-refractivity contribution in [2.24, 2.45) is 0 Å². The second-order valence-electron chi connectivity index (χ2n) is 6.19. The van der Waals surface area contributed by atoms with E-state index in [4.69, 9.17) is 15.5 Å². The third-order valence-corrected chi connectivity index (χ3v) is 7.53. The molecule has 0 bridgehead atoms. The lowest BCUT2D eigenvalue weighted by atomic mass is 10.2. The van der Waals surface area contributed by atoms with Crippen molar-refractivity contribution < 1.29 is 47.4 Å². The summed E-state index contributed by atoms with van der Waals surface area (Å²) in [5.41, 5.74) is 7.19. The number of aromatic nitrogens is 3. The van der Waals surface area contributed by atoms with Crippen molar-refractivity contribution in [2.75, 3.05) is 18.9 Å². The Bertz CT molecular complexity index is 996. The van der Waals surface area contributed by atoms with E-state index in [-0.39, 0.29) is 25.4 Å². The molecule has 0 spiro atoms. The lowest BCUT2D eigenvalue weighted by Crippen LogP contribution is -2.41. The number of hydrogen-bond donors (Lipinski definition) is 6. The summed E-state index contributed by atoms with van der Waals surface area (Å²) in [5.74, 6) is 0.772. The molecule has 2 aromatic rings. The maximum Gasteiger partial charge on any atom is 0.481 e. The molecule has 2 atom stereocenters. The zero-order valence-corrected chi connectivity index (χ0v) is 18.7. The second-order valence-corrected chi connectivity index (χ2v) is 10.1. The summed E-state index contributed by atoms with van der Waals surface area (Å²) >= 11 is 1.14. The molecular formula is C14H23N4O9P2S+. The molecule has 0 aliphatic carbocycles. The van der Waals surface area contributed by atoms with E-state index in [1.165, 1.54) is 0 Å². The quantitative estimate of drug-likeness (QED) is 0.192. The van der Waals surface area contributed by atoms with Gasteiger partial charge in [-0.25, -0.2) is 19.1 Å². The number of anilines is 1. The van der Waals surface area contributed by atoms with E-state index in [0.717, 1.165) is 11.3 Å². The Balaban J connectivity index is 2.23. The van der Waals surface area contributed by atoms with Gasteiger partial charge in [0.2, 0.25) is 0 Å². The van der Waals surface area contributed by atoms with Crippen molar-refractivity contribution in [3.05, 3.63) is 33.2 Å². The third-order valence-electron chi connectivity index (χ3n) is 3.90. The lowest BCUT2D eigenvalue weighted by Gasteiger charge is -2.11. The Hall–Kier alpha value is -1.31. The van der Waals surface area contributed by atoms with Crippen molar-refractivity contribution in [2.45, 2.75) is 32.9 Å². The fraction of sp³-hybridized carbons (Fsp3) is 0.500. The van der Waals surface area contributed by atoms with Crippen LogP contribution in [0.4, 0.5) is 5.82 Å². The van der Waals surface area contributed by atoms with Gasteiger partial charge in [-0.2, -0.15) is 8.88 Å². The average molecular weight is 485 g/mol. The standard InChI is InChI=1S/C14H22N4O9P2S/c1-8-12(3-4-26-29(24,25)27-28(21,22)23)30-14(11(20)7-19)18(8)6-10-5-16-9(2)17-13(10)15/h5,11,19-20H,3-4,6-7H2,1-2H3,(H4-,15,16,17,21,22,23,24,25)/p+1/t11-/m0/s1. The molecule has 0 radical (unpaired) electrons. The first-order chi connectivity index (χ1) is 13.8. The topological polar surface area (TPSA) is 209 Å². The number of aryl methyl sites for hydroxylation is 1. The molecule has 13 nitrogen and oxygen atoms in total. The predicted molar refractivity (Wildman–Crippen MR) is 104 cm³/mol. The minimum Gasteiger partial charge on any atom is -0.393 e. The number of nitrogens with zero attached hydrogens (tertiary/aromatic N) is 3. The maximum absolute atomic E-state index is 11.6. The van der Waals surface area contributed by atoms with E-state index in [9.17, 15) is 24.2 Å². The van der Waals surface area contributed by atoms with Gasteiger partial charge < -0.3 is 30.6 Å². The highest BCUT2D eigenvalue weighted by Gasteiger charge is 2.33. The highest BCUT2D eigenvalue weighted by atomic mass is 32.1. The van der Waals surface area contributed by atoms with Gasteiger partial charge >= 0.3 is 15.6 Å². The summed E-state index contributed by atoms with van der Waals surface area (Å²) in [7, 11) is -10.2. The highest BCUT2D eigenvalue weighted by molar-refractivity contribution is 7.60. The molecule has 0 amide bonds. The number of rotatable bonds is 10. The van der Waals surface area contributed by atoms with Crippen LogP contribution in [0.5, 0.6) is 0 Å². The highest BCUT2D eigenvalue weighted by Crippen LogP contribution is 2.57. The second kappa shape index (κ2) is 9.88. The smallest absolute Gasteiger partial charge is 0.393 e. The van der Waals surface area contributed by atoms with Gasteiger partial charge in [-0.3, -0.25) is 4.52 Å². The number of hydrogen-bond acceptors (Lipinski definition) is 10. The van der Waals surface area contributed by atoms with Crippen molar-refractivity contribution in [3.8, 4) is 0 Å². The normalized spacial score (nSPS) is 15.2. The molecule has 2 aromatic heterocycles. The Labute approximate surface area is 175 Å². The zero-order valence-electron chi connectivity index (χ0n) is 16.1. The summed E-state index contributed by atoms with van der Waals surface area (Å²) in [6.45, 7) is 2.71. The van der Waals surface area contributed by atoms with Crippen LogP contribution in [-0.4, -0.2) is 48.1 Å². The molecule has 0 fully saturated rings. The van der Waals surface area contributed by atoms with Crippen LogP contribution in [0, 0.1) is 13.8 Å². The van der Waals surface area contributed by atoms with Gasteiger partial charge in [0.25, 0.3) is 5.01 Å². The molecule has 168 valence electrons. The molecule has 7 N–H and O–H groups in total. The molecule has 1 unspecified atom stereocenters. The van der Waals surface area contributed by atoms with Crippen LogP contribution >= 0.6 is 27.0 Å². The Morgan fingerprint density at radius 3 is 2.53 bits per heavy atom. The van der Waals surface area contributed by atoms with Crippen molar-refractivity contribution >= 4 is 32.8 Å². The molecule has 2 rings (SSSR count). The van der Waals surface area contributed by atoms with E-state index in [1.807, 2.05) is 0 Å². The maximum atomic E-state index is 11.6. The van der Waals surface area contributed by atoms with Crippen LogP contribution in [0.3, 0.4) is 0 Å². The number of nitrogen functional groups attached to an aromatic ring is 1. The Morgan fingerprint density at radius 2 is 1.97 bits per heavy atom. The summed E-state index contributed by atoms with van der Waals surface area (Å²) in [6, 6.07) is 0. The summed E-state index contributed by atoms with van der Waals surface area (Å²) in [4.78, 5) is 35.4. The van der Waals surface area contributed by atoms with Crippen molar-refractivity contribution in [3.63, 3.8) is 0 Å². The number of nitrogens with two attached hydrogens (primary N) is 1. The molecule has 0 saturated heterocycles. The largest absolute Gasteiger partial charge is 0.481 e. The molecule has 0 saturated carbocycles. The number of aliphatic hydroxyl groups excluding tert-OH is 2. The van der Waals surface area contributed by atoms with Crippen LogP contribution in [0.2, 0.25) is 0 Å². The van der Waals surface area contributed by atoms with E-state index in [0.29, 0.717) is 27.0 Å². The number of phosphoric acid groups is 2. The molecule has 0 aliphatic heterocycles.